The van der Waals surface area contributed by atoms with Crippen LogP contribution in [0.1, 0.15) is 24.0 Å². The highest BCUT2D eigenvalue weighted by Crippen LogP contribution is 2.29. The highest BCUT2D eigenvalue weighted by molar-refractivity contribution is 7.89. The number of benzene rings is 1. The monoisotopic (exact) mass is 403 g/mol. The van der Waals surface area contributed by atoms with Gasteiger partial charge in [-0.05, 0) is 48.7 Å². The van der Waals surface area contributed by atoms with Crippen LogP contribution in [0.25, 0.3) is 0 Å². The van der Waals surface area contributed by atoms with Crippen molar-refractivity contribution < 1.29 is 22.7 Å². The second-order valence-electron chi connectivity index (χ2n) is 6.46. The Bertz CT molecular complexity index is 992. The Morgan fingerprint density at radius 1 is 1.36 bits per heavy atom. The van der Waals surface area contributed by atoms with Crippen molar-refractivity contribution in [2.24, 2.45) is 0 Å². The smallest absolute Gasteiger partial charge is 0.267 e. The zero-order valence-corrected chi connectivity index (χ0v) is 16.4. The van der Waals surface area contributed by atoms with Crippen molar-refractivity contribution in [2.75, 3.05) is 7.11 Å². The summed E-state index contributed by atoms with van der Waals surface area (Å²) >= 11 is 0. The number of rotatable bonds is 6. The summed E-state index contributed by atoms with van der Waals surface area (Å²) in [6.45, 7) is 1.91. The minimum Gasteiger partial charge on any atom is -0.496 e. The van der Waals surface area contributed by atoms with Crippen molar-refractivity contribution >= 4 is 21.8 Å². The van der Waals surface area contributed by atoms with Crippen LogP contribution in [0, 0.1) is 6.92 Å². The van der Waals surface area contributed by atoms with Gasteiger partial charge in [0.1, 0.15) is 11.8 Å². The van der Waals surface area contributed by atoms with Crippen LogP contribution in [0.5, 0.6) is 5.75 Å². The SMILES string of the molecule is COc1ccc(S(=O)(=O)N2C(=O)CC[C@@H]2C(=O)NCc2cccnc2)cc1C. The predicted octanol–water partition coefficient (Wildman–Crippen LogP) is 1.39. The number of ether oxygens (including phenoxy) is 1. The first-order valence-electron chi connectivity index (χ1n) is 8.73. The fourth-order valence-electron chi connectivity index (χ4n) is 3.14. The standard InChI is InChI=1S/C19H21N3O5S/c1-13-10-15(5-7-17(13)27-2)28(25,26)22-16(6-8-18(22)23)19(24)21-12-14-4-3-9-20-11-14/h3-5,7,9-11,16H,6,8,12H2,1-2H3,(H,21,24)/t16-/m1/s1. The molecule has 2 amide bonds. The van der Waals surface area contributed by atoms with Crippen LogP contribution in [0.15, 0.2) is 47.6 Å². The van der Waals surface area contributed by atoms with Crippen molar-refractivity contribution in [3.63, 3.8) is 0 Å². The minimum atomic E-state index is -4.16. The van der Waals surface area contributed by atoms with Gasteiger partial charge in [-0.3, -0.25) is 14.6 Å². The van der Waals surface area contributed by atoms with E-state index in [4.69, 9.17) is 4.74 Å². The highest BCUT2D eigenvalue weighted by Gasteiger charge is 2.44. The molecule has 2 aromatic rings. The Labute approximate surface area is 163 Å². The number of carbonyl (C=O) groups is 2. The molecule has 9 heteroatoms. The van der Waals surface area contributed by atoms with Gasteiger partial charge in [-0.15, -0.1) is 0 Å². The van der Waals surface area contributed by atoms with Crippen molar-refractivity contribution in [1.82, 2.24) is 14.6 Å². The molecule has 0 bridgehead atoms. The summed E-state index contributed by atoms with van der Waals surface area (Å²) in [5.74, 6) is -0.559. The summed E-state index contributed by atoms with van der Waals surface area (Å²) in [6, 6.07) is 6.80. The van der Waals surface area contributed by atoms with Gasteiger partial charge in [-0.2, -0.15) is 0 Å². The van der Waals surface area contributed by atoms with Crippen LogP contribution in [0.4, 0.5) is 0 Å². The van der Waals surface area contributed by atoms with E-state index in [-0.39, 0.29) is 24.3 Å². The number of pyridine rings is 1. The van der Waals surface area contributed by atoms with E-state index >= 15 is 0 Å². The van der Waals surface area contributed by atoms with Crippen LogP contribution >= 0.6 is 0 Å². The number of nitrogens with one attached hydrogen (secondary N) is 1. The number of sulfonamides is 1. The molecule has 1 aromatic carbocycles. The average molecular weight is 403 g/mol. The fraction of sp³-hybridized carbons (Fsp3) is 0.316. The molecule has 0 saturated carbocycles. The quantitative estimate of drug-likeness (QED) is 0.781. The van der Waals surface area contributed by atoms with E-state index in [1.165, 1.54) is 25.3 Å². The number of aryl methyl sites for hydroxylation is 1. The molecule has 1 aliphatic heterocycles. The van der Waals surface area contributed by atoms with Crippen molar-refractivity contribution in [1.29, 1.82) is 0 Å². The van der Waals surface area contributed by atoms with Gasteiger partial charge >= 0.3 is 0 Å². The Hall–Kier alpha value is -2.94. The number of nitrogens with zero attached hydrogens (tertiary/aromatic N) is 2. The van der Waals surface area contributed by atoms with Crippen LogP contribution in [-0.2, 0) is 26.2 Å². The van der Waals surface area contributed by atoms with Gasteiger partial charge in [0.2, 0.25) is 11.8 Å². The lowest BCUT2D eigenvalue weighted by Crippen LogP contribution is -2.47. The maximum Gasteiger partial charge on any atom is 0.267 e. The molecule has 1 aliphatic rings. The lowest BCUT2D eigenvalue weighted by atomic mass is 10.2. The summed E-state index contributed by atoms with van der Waals surface area (Å²) in [5.41, 5.74) is 1.40. The van der Waals surface area contributed by atoms with Gasteiger partial charge in [0, 0.05) is 25.4 Å². The highest BCUT2D eigenvalue weighted by atomic mass is 32.2. The maximum atomic E-state index is 13.1. The minimum absolute atomic E-state index is 0.000649. The summed E-state index contributed by atoms with van der Waals surface area (Å²) in [7, 11) is -2.67. The molecule has 0 spiro atoms. The Kier molecular flexibility index (Phi) is 5.64. The number of amides is 2. The lowest BCUT2D eigenvalue weighted by molar-refractivity contribution is -0.130. The van der Waals surface area contributed by atoms with E-state index < -0.39 is 27.9 Å². The molecule has 1 atom stereocenters. The Morgan fingerprint density at radius 3 is 2.79 bits per heavy atom. The van der Waals surface area contributed by atoms with Crippen LogP contribution in [0.3, 0.4) is 0 Å². The van der Waals surface area contributed by atoms with E-state index in [1.54, 1.807) is 31.5 Å². The van der Waals surface area contributed by atoms with Crippen LogP contribution < -0.4 is 10.1 Å². The van der Waals surface area contributed by atoms with E-state index in [1.807, 2.05) is 0 Å². The number of aromatic nitrogens is 1. The van der Waals surface area contributed by atoms with Gasteiger partial charge in [-0.1, -0.05) is 6.07 Å². The second-order valence-corrected chi connectivity index (χ2v) is 8.27. The number of methoxy groups -OCH3 is 1. The molecule has 0 radical (unpaired) electrons. The van der Waals surface area contributed by atoms with Crippen molar-refractivity contribution in [2.45, 2.75) is 37.2 Å². The molecule has 1 fully saturated rings. The van der Waals surface area contributed by atoms with Gasteiger partial charge in [-0.25, -0.2) is 12.7 Å². The summed E-state index contributed by atoms with van der Waals surface area (Å²) in [4.78, 5) is 28.9. The Balaban J connectivity index is 1.82. The first kappa shape index (κ1) is 19.8. The third-order valence-corrected chi connectivity index (χ3v) is 6.40. The number of hydrogen-bond donors (Lipinski definition) is 1. The van der Waals surface area contributed by atoms with E-state index in [9.17, 15) is 18.0 Å². The molecule has 1 aromatic heterocycles. The molecule has 28 heavy (non-hydrogen) atoms. The average Bonchev–Trinajstić information content (AvgIpc) is 3.09. The van der Waals surface area contributed by atoms with E-state index in [0.29, 0.717) is 15.6 Å². The third kappa shape index (κ3) is 3.84. The van der Waals surface area contributed by atoms with Crippen LogP contribution in [0.2, 0.25) is 0 Å². The lowest BCUT2D eigenvalue weighted by Gasteiger charge is -2.24. The van der Waals surface area contributed by atoms with Crippen molar-refractivity contribution in [3.8, 4) is 5.75 Å². The summed E-state index contributed by atoms with van der Waals surface area (Å²) < 4.78 is 32.0. The molecule has 1 saturated heterocycles. The maximum absolute atomic E-state index is 13.1. The molecule has 0 unspecified atom stereocenters. The third-order valence-electron chi connectivity index (χ3n) is 4.58. The molecular formula is C19H21N3O5S. The van der Waals surface area contributed by atoms with Gasteiger partial charge in [0.15, 0.2) is 0 Å². The zero-order valence-electron chi connectivity index (χ0n) is 15.6. The van der Waals surface area contributed by atoms with Gasteiger partial charge < -0.3 is 10.1 Å². The van der Waals surface area contributed by atoms with Gasteiger partial charge in [0.25, 0.3) is 10.0 Å². The van der Waals surface area contributed by atoms with Gasteiger partial charge in [0.05, 0.1) is 12.0 Å². The Morgan fingerprint density at radius 2 is 2.14 bits per heavy atom. The van der Waals surface area contributed by atoms with E-state index in [2.05, 4.69) is 10.3 Å². The molecular weight excluding hydrogens is 382 g/mol. The molecule has 148 valence electrons. The fourth-order valence-corrected chi connectivity index (χ4v) is 4.82. The number of hydrogen-bond acceptors (Lipinski definition) is 6. The second kappa shape index (κ2) is 7.97. The van der Waals surface area contributed by atoms with Crippen molar-refractivity contribution in [3.05, 3.63) is 53.9 Å². The first-order chi connectivity index (χ1) is 13.3. The topological polar surface area (TPSA) is 106 Å². The predicted molar refractivity (Wildman–Crippen MR) is 101 cm³/mol. The molecule has 2 heterocycles. The molecule has 1 N–H and O–H groups in total. The summed E-state index contributed by atoms with van der Waals surface area (Å²) in [5, 5.41) is 2.69. The molecule has 0 aliphatic carbocycles. The summed E-state index contributed by atoms with van der Waals surface area (Å²) in [6.07, 6.45) is 3.37. The first-order valence-corrected chi connectivity index (χ1v) is 10.2. The van der Waals surface area contributed by atoms with Crippen LogP contribution in [-0.4, -0.2) is 42.7 Å². The van der Waals surface area contributed by atoms with E-state index in [0.717, 1.165) is 5.56 Å². The number of carbonyl (C=O) groups excluding carboxylic acids is 2. The largest absolute Gasteiger partial charge is 0.496 e. The normalized spacial score (nSPS) is 16.9. The molecule has 3 rings (SSSR count). The zero-order chi connectivity index (χ0) is 20.3. The molecule has 8 nitrogen and oxygen atoms in total.